The fourth-order valence-corrected chi connectivity index (χ4v) is 3.75. The van der Waals surface area contributed by atoms with Crippen molar-refractivity contribution >= 4 is 28.6 Å². The molecule has 26 heavy (non-hydrogen) atoms. The van der Waals surface area contributed by atoms with E-state index in [-0.39, 0.29) is 17.5 Å². The summed E-state index contributed by atoms with van der Waals surface area (Å²) in [5.74, 6) is -0.0802. The van der Waals surface area contributed by atoms with Crippen molar-refractivity contribution < 1.29 is 4.79 Å². The van der Waals surface area contributed by atoms with Gasteiger partial charge in [0, 0.05) is 19.6 Å². The van der Waals surface area contributed by atoms with Gasteiger partial charge in [-0.2, -0.15) is 5.26 Å². The normalized spacial score (nSPS) is 13.2. The molecule has 0 fully saturated rings. The molecular weight excluding hydrogens is 348 g/mol. The summed E-state index contributed by atoms with van der Waals surface area (Å²) in [5.41, 5.74) is 0.557. The van der Waals surface area contributed by atoms with Crippen molar-refractivity contribution in [3.63, 3.8) is 0 Å². The number of carbonyl (C=O) groups excluding carboxylic acids is 1. The van der Waals surface area contributed by atoms with Crippen molar-refractivity contribution in [3.05, 3.63) is 34.6 Å². The van der Waals surface area contributed by atoms with Gasteiger partial charge in [-0.3, -0.25) is 14.2 Å². The molecule has 0 bridgehead atoms. The molecule has 1 heterocycles. The van der Waals surface area contributed by atoms with E-state index >= 15 is 0 Å². The quantitative estimate of drug-likeness (QED) is 0.551. The van der Waals surface area contributed by atoms with Crippen LogP contribution in [0.3, 0.4) is 0 Å². The summed E-state index contributed by atoms with van der Waals surface area (Å²) < 4.78 is 1.69. The van der Waals surface area contributed by atoms with Gasteiger partial charge in [-0.05, 0) is 32.4 Å². The third kappa shape index (κ3) is 4.25. The Hall–Kier alpha value is -2.33. The van der Waals surface area contributed by atoms with E-state index in [1.54, 1.807) is 29.5 Å². The molecule has 6 nitrogen and oxygen atoms in total. The topological polar surface area (TPSA) is 79.0 Å². The molecule has 1 amide bonds. The lowest BCUT2D eigenvalue weighted by molar-refractivity contribution is -0.128. The van der Waals surface area contributed by atoms with Crippen LogP contribution in [-0.4, -0.2) is 39.2 Å². The van der Waals surface area contributed by atoms with Crippen molar-refractivity contribution in [1.29, 1.82) is 5.26 Å². The molecule has 0 saturated heterocycles. The van der Waals surface area contributed by atoms with E-state index in [1.165, 1.54) is 11.8 Å². The first-order chi connectivity index (χ1) is 12.4. The monoisotopic (exact) mass is 372 g/mol. The van der Waals surface area contributed by atoms with E-state index in [4.69, 9.17) is 5.26 Å². The highest BCUT2D eigenvalue weighted by Crippen LogP contribution is 2.26. The SMILES string of the molecule is CC[C@@H](C)n1c(S[C@@H](C)C(=O)N(C)CCC#N)nc2ccccc2c1=O. The molecule has 2 rings (SSSR count). The zero-order valence-corrected chi connectivity index (χ0v) is 16.4. The van der Waals surface area contributed by atoms with Crippen LogP contribution < -0.4 is 5.56 Å². The molecule has 0 N–H and O–H groups in total. The van der Waals surface area contributed by atoms with Crippen molar-refractivity contribution in [1.82, 2.24) is 14.5 Å². The van der Waals surface area contributed by atoms with Crippen LogP contribution in [-0.2, 0) is 4.79 Å². The average Bonchev–Trinajstić information content (AvgIpc) is 2.65. The van der Waals surface area contributed by atoms with Crippen LogP contribution in [0, 0.1) is 11.3 Å². The van der Waals surface area contributed by atoms with Gasteiger partial charge >= 0.3 is 0 Å². The summed E-state index contributed by atoms with van der Waals surface area (Å²) in [7, 11) is 1.69. The minimum Gasteiger partial charge on any atom is -0.344 e. The minimum absolute atomic E-state index is 0.0132. The third-order valence-corrected chi connectivity index (χ3v) is 5.43. The fourth-order valence-electron chi connectivity index (χ4n) is 2.63. The van der Waals surface area contributed by atoms with Crippen LogP contribution in [0.1, 0.15) is 39.7 Å². The van der Waals surface area contributed by atoms with Gasteiger partial charge in [-0.15, -0.1) is 0 Å². The van der Waals surface area contributed by atoms with E-state index in [0.29, 0.717) is 29.0 Å². The molecule has 0 aliphatic heterocycles. The van der Waals surface area contributed by atoms with Crippen LogP contribution in [0.2, 0.25) is 0 Å². The number of hydrogen-bond donors (Lipinski definition) is 0. The molecule has 7 heteroatoms. The molecule has 1 aromatic carbocycles. The van der Waals surface area contributed by atoms with Gasteiger partial charge in [0.1, 0.15) is 0 Å². The minimum atomic E-state index is -0.401. The summed E-state index contributed by atoms with van der Waals surface area (Å²) in [6.07, 6.45) is 1.09. The number of benzene rings is 1. The van der Waals surface area contributed by atoms with Gasteiger partial charge in [-0.25, -0.2) is 4.98 Å². The molecule has 2 aromatic rings. The van der Waals surface area contributed by atoms with Crippen LogP contribution in [0.15, 0.2) is 34.2 Å². The number of nitrogens with zero attached hydrogens (tertiary/aromatic N) is 4. The fraction of sp³-hybridized carbons (Fsp3) is 0.474. The zero-order valence-electron chi connectivity index (χ0n) is 15.6. The number of para-hydroxylation sites is 1. The Morgan fingerprint density at radius 1 is 1.38 bits per heavy atom. The lowest BCUT2D eigenvalue weighted by atomic mass is 10.2. The molecule has 0 aliphatic rings. The summed E-state index contributed by atoms with van der Waals surface area (Å²) in [5, 5.41) is 9.42. The molecule has 138 valence electrons. The first-order valence-corrected chi connectivity index (χ1v) is 9.58. The number of nitriles is 1. The highest BCUT2D eigenvalue weighted by molar-refractivity contribution is 8.00. The van der Waals surface area contributed by atoms with E-state index in [2.05, 4.69) is 4.98 Å². The molecule has 0 unspecified atom stereocenters. The Morgan fingerprint density at radius 3 is 2.73 bits per heavy atom. The number of rotatable bonds is 7. The molecule has 0 aliphatic carbocycles. The predicted molar refractivity (Wildman–Crippen MR) is 104 cm³/mol. The number of thioether (sulfide) groups is 1. The lowest BCUT2D eigenvalue weighted by Crippen LogP contribution is -2.34. The van der Waals surface area contributed by atoms with Gasteiger partial charge in [0.05, 0.1) is 28.6 Å². The van der Waals surface area contributed by atoms with Gasteiger partial charge < -0.3 is 4.90 Å². The van der Waals surface area contributed by atoms with E-state index in [1.807, 2.05) is 38.1 Å². The first kappa shape index (κ1) is 20.0. The maximum Gasteiger partial charge on any atom is 0.262 e. The predicted octanol–water partition coefficient (Wildman–Crippen LogP) is 3.22. The molecule has 2 atom stereocenters. The van der Waals surface area contributed by atoms with Gasteiger partial charge in [0.2, 0.25) is 5.91 Å². The molecular formula is C19H24N4O2S. The Bertz CT molecular complexity index is 887. The molecule has 1 aromatic heterocycles. The Kier molecular flexibility index (Phi) is 6.81. The standard InChI is InChI=1S/C19H24N4O2S/c1-5-13(2)23-18(25)15-9-6-7-10-16(15)21-19(23)26-14(3)17(24)22(4)12-8-11-20/h6-7,9-10,13-14H,5,8,12H2,1-4H3/t13-,14+/m1/s1. The van der Waals surface area contributed by atoms with Crippen molar-refractivity contribution in [2.75, 3.05) is 13.6 Å². The maximum absolute atomic E-state index is 13.0. The van der Waals surface area contributed by atoms with Crippen molar-refractivity contribution in [2.24, 2.45) is 0 Å². The van der Waals surface area contributed by atoms with Crippen molar-refractivity contribution in [2.45, 2.75) is 50.1 Å². The first-order valence-electron chi connectivity index (χ1n) is 8.70. The summed E-state index contributed by atoms with van der Waals surface area (Å²) >= 11 is 1.29. The zero-order chi connectivity index (χ0) is 19.3. The van der Waals surface area contributed by atoms with E-state index < -0.39 is 5.25 Å². The van der Waals surface area contributed by atoms with E-state index in [9.17, 15) is 9.59 Å². The highest BCUT2D eigenvalue weighted by atomic mass is 32.2. The second-order valence-corrected chi connectivity index (χ2v) is 7.58. The number of amides is 1. The molecule has 0 radical (unpaired) electrons. The Balaban J connectivity index is 2.40. The number of fused-ring (bicyclic) bond motifs is 1. The van der Waals surface area contributed by atoms with Gasteiger partial charge in [-0.1, -0.05) is 30.8 Å². The van der Waals surface area contributed by atoms with Gasteiger partial charge in [0.15, 0.2) is 5.16 Å². The smallest absolute Gasteiger partial charge is 0.262 e. The van der Waals surface area contributed by atoms with E-state index in [0.717, 1.165) is 6.42 Å². The Morgan fingerprint density at radius 2 is 2.08 bits per heavy atom. The summed E-state index contributed by atoms with van der Waals surface area (Å²) in [4.78, 5) is 31.7. The number of hydrogen-bond acceptors (Lipinski definition) is 5. The largest absolute Gasteiger partial charge is 0.344 e. The van der Waals surface area contributed by atoms with Crippen molar-refractivity contribution in [3.8, 4) is 6.07 Å². The second-order valence-electron chi connectivity index (χ2n) is 6.27. The van der Waals surface area contributed by atoms with Crippen LogP contribution in [0.4, 0.5) is 0 Å². The Labute approximate surface area is 157 Å². The third-order valence-electron chi connectivity index (χ3n) is 4.37. The summed E-state index contributed by atoms with van der Waals surface area (Å²) in [6.45, 7) is 6.19. The molecule has 0 saturated carbocycles. The van der Waals surface area contributed by atoms with Crippen LogP contribution in [0.5, 0.6) is 0 Å². The van der Waals surface area contributed by atoms with Crippen LogP contribution >= 0.6 is 11.8 Å². The average molecular weight is 372 g/mol. The highest BCUT2D eigenvalue weighted by Gasteiger charge is 2.23. The second kappa shape index (κ2) is 8.86. The van der Waals surface area contributed by atoms with Crippen LogP contribution in [0.25, 0.3) is 10.9 Å². The maximum atomic E-state index is 13.0. The number of carbonyl (C=O) groups is 1. The number of aromatic nitrogens is 2. The summed E-state index contributed by atoms with van der Waals surface area (Å²) in [6, 6.07) is 9.30. The molecule has 0 spiro atoms. The van der Waals surface area contributed by atoms with Gasteiger partial charge in [0.25, 0.3) is 5.56 Å². The lowest BCUT2D eigenvalue weighted by Gasteiger charge is -2.22.